The quantitative estimate of drug-likeness (QED) is 0.532. The van der Waals surface area contributed by atoms with Crippen LogP contribution in [-0.4, -0.2) is 35.3 Å². The van der Waals surface area contributed by atoms with Crippen LogP contribution in [0.15, 0.2) is 60.4 Å². The lowest BCUT2D eigenvalue weighted by Crippen LogP contribution is -2.38. The molecule has 0 spiro atoms. The Hall–Kier alpha value is -2.84. The Kier molecular flexibility index (Phi) is 8.69. The van der Waals surface area contributed by atoms with Crippen LogP contribution in [0.3, 0.4) is 0 Å². The van der Waals surface area contributed by atoms with Gasteiger partial charge in [0.25, 0.3) is 5.91 Å². The Balaban J connectivity index is 1.53. The van der Waals surface area contributed by atoms with Crippen molar-refractivity contribution in [3.8, 4) is 0 Å². The average Bonchev–Trinajstić information content (AvgIpc) is 2.86. The highest BCUT2D eigenvalue weighted by atomic mass is 19.4. The molecule has 0 saturated carbocycles. The summed E-state index contributed by atoms with van der Waals surface area (Å²) in [4.78, 5) is 15.2. The van der Waals surface area contributed by atoms with E-state index in [1.807, 2.05) is 29.2 Å². The summed E-state index contributed by atoms with van der Waals surface area (Å²) in [5.41, 5.74) is 1.63. The third kappa shape index (κ3) is 6.89. The molecular weight excluding hydrogens is 471 g/mol. The fourth-order valence-electron chi connectivity index (χ4n) is 4.60. The molecule has 0 aliphatic carbocycles. The Labute approximate surface area is 209 Å². The third-order valence-electron chi connectivity index (χ3n) is 6.72. The van der Waals surface area contributed by atoms with Gasteiger partial charge in [-0.25, -0.2) is 0 Å². The second-order valence-corrected chi connectivity index (χ2v) is 9.39. The van der Waals surface area contributed by atoms with E-state index in [1.165, 1.54) is 18.6 Å². The number of benzene rings is 2. The lowest BCUT2D eigenvalue weighted by atomic mass is 9.92. The van der Waals surface area contributed by atoms with Gasteiger partial charge in [-0.15, -0.1) is 0 Å². The number of likely N-dealkylation sites (tertiary alicyclic amines) is 1. The maximum Gasteiger partial charge on any atom is 0.416 e. The van der Waals surface area contributed by atoms with Crippen LogP contribution in [0.25, 0.3) is 0 Å². The summed E-state index contributed by atoms with van der Waals surface area (Å²) in [6, 6.07) is 12.4. The molecule has 36 heavy (non-hydrogen) atoms. The molecule has 4 rings (SSSR count). The van der Waals surface area contributed by atoms with Crippen molar-refractivity contribution in [3.63, 3.8) is 0 Å². The van der Waals surface area contributed by atoms with Crippen LogP contribution in [-0.2, 0) is 33.7 Å². The molecule has 1 N–H and O–H groups in total. The van der Waals surface area contributed by atoms with Crippen LogP contribution in [0, 0.1) is 0 Å². The average molecular weight is 504 g/mol. The number of hydrogen-bond acceptors (Lipinski definition) is 4. The molecule has 2 aliphatic rings. The molecule has 1 fully saturated rings. The second kappa shape index (κ2) is 11.9. The highest BCUT2D eigenvalue weighted by Crippen LogP contribution is 2.35. The molecule has 0 bridgehead atoms. The maximum atomic E-state index is 13.4. The van der Waals surface area contributed by atoms with Gasteiger partial charge in [-0.3, -0.25) is 4.79 Å². The topological polar surface area (TPSA) is 59.0 Å². The molecule has 2 aromatic rings. The Bertz CT molecular complexity index is 1030. The standard InChI is InChI=1S/C28H32F3NO4/c29-28(30,31)24-12-10-22(11-13-24)23-16-25(27(34)32-14-4-2-1-3-5-15-32)36-26(17-23)35-19-21-8-6-20(18-33)7-9-21/h6-13,16,23,26,33H,1-5,14-15,17-19H2/t23-,26+/m1/s1. The number of rotatable bonds is 6. The lowest BCUT2D eigenvalue weighted by molar-refractivity contribution is -0.156. The SMILES string of the molecule is O=C(C1=C[C@@H](c2ccc(C(F)(F)F)cc2)C[C@@H](OCc2ccc(CO)cc2)O1)N1CCCCCCC1. The highest BCUT2D eigenvalue weighted by molar-refractivity contribution is 5.91. The first-order valence-corrected chi connectivity index (χ1v) is 12.5. The zero-order chi connectivity index (χ0) is 25.5. The minimum absolute atomic E-state index is 0.0472. The van der Waals surface area contributed by atoms with Crippen molar-refractivity contribution in [2.45, 2.75) is 70.1 Å². The van der Waals surface area contributed by atoms with Crippen LogP contribution in [0.4, 0.5) is 13.2 Å². The van der Waals surface area contributed by atoms with Crippen LogP contribution >= 0.6 is 0 Å². The van der Waals surface area contributed by atoms with Crippen LogP contribution in [0.2, 0.25) is 0 Å². The number of alkyl halides is 3. The number of nitrogens with zero attached hydrogens (tertiary/aromatic N) is 1. The van der Waals surface area contributed by atoms with E-state index in [-0.39, 0.29) is 30.8 Å². The number of halogens is 3. The van der Waals surface area contributed by atoms with Gasteiger partial charge in [0.05, 0.1) is 18.8 Å². The molecule has 2 heterocycles. The fraction of sp³-hybridized carbons (Fsp3) is 0.464. The van der Waals surface area contributed by atoms with Gasteiger partial charge < -0.3 is 19.5 Å². The third-order valence-corrected chi connectivity index (χ3v) is 6.72. The van der Waals surface area contributed by atoms with Crippen molar-refractivity contribution < 1.29 is 32.5 Å². The number of hydrogen-bond donors (Lipinski definition) is 1. The second-order valence-electron chi connectivity index (χ2n) is 9.39. The van der Waals surface area contributed by atoms with E-state index in [2.05, 4.69) is 0 Å². The van der Waals surface area contributed by atoms with Crippen LogP contribution in [0.1, 0.15) is 66.7 Å². The molecule has 0 unspecified atom stereocenters. The monoisotopic (exact) mass is 503 g/mol. The van der Waals surface area contributed by atoms with E-state index in [9.17, 15) is 23.1 Å². The number of amides is 1. The zero-order valence-electron chi connectivity index (χ0n) is 20.2. The summed E-state index contributed by atoms with van der Waals surface area (Å²) in [5, 5.41) is 9.23. The zero-order valence-corrected chi connectivity index (χ0v) is 20.2. The number of carbonyl (C=O) groups excluding carboxylic acids is 1. The number of aliphatic hydroxyl groups is 1. The normalized spacial score (nSPS) is 21.2. The van der Waals surface area contributed by atoms with Gasteiger partial charge >= 0.3 is 6.18 Å². The summed E-state index contributed by atoms with van der Waals surface area (Å²) in [6.45, 7) is 1.51. The van der Waals surface area contributed by atoms with Crippen molar-refractivity contribution in [1.82, 2.24) is 4.90 Å². The van der Waals surface area contributed by atoms with Gasteiger partial charge in [0.1, 0.15) is 0 Å². The summed E-state index contributed by atoms with van der Waals surface area (Å²) in [6.07, 6.45) is 2.16. The number of ether oxygens (including phenoxy) is 2. The predicted octanol–water partition coefficient (Wildman–Crippen LogP) is 5.92. The molecule has 2 aliphatic heterocycles. The van der Waals surface area contributed by atoms with E-state index < -0.39 is 18.0 Å². The molecule has 194 valence electrons. The summed E-state index contributed by atoms with van der Waals surface area (Å²) in [7, 11) is 0. The largest absolute Gasteiger partial charge is 0.459 e. The van der Waals surface area contributed by atoms with Gasteiger partial charge in [0.2, 0.25) is 6.29 Å². The predicted molar refractivity (Wildman–Crippen MR) is 129 cm³/mol. The molecule has 8 heteroatoms. The van der Waals surface area contributed by atoms with Crippen molar-refractivity contribution in [2.24, 2.45) is 0 Å². The van der Waals surface area contributed by atoms with Gasteiger partial charge in [0, 0.05) is 25.4 Å². The van der Waals surface area contributed by atoms with Gasteiger partial charge in [-0.1, -0.05) is 55.7 Å². The van der Waals surface area contributed by atoms with E-state index in [0.717, 1.165) is 48.9 Å². The molecule has 0 radical (unpaired) electrons. The van der Waals surface area contributed by atoms with Crippen molar-refractivity contribution in [2.75, 3.05) is 13.1 Å². The molecule has 2 atom stereocenters. The first kappa shape index (κ1) is 26.2. The van der Waals surface area contributed by atoms with E-state index in [4.69, 9.17) is 9.47 Å². The minimum atomic E-state index is -4.41. The molecule has 0 aromatic heterocycles. The molecule has 5 nitrogen and oxygen atoms in total. The molecular formula is C28H32F3NO4. The number of allylic oxidation sites excluding steroid dienone is 1. The smallest absolute Gasteiger partial charge is 0.416 e. The van der Waals surface area contributed by atoms with Gasteiger partial charge in [-0.05, 0) is 47.7 Å². The van der Waals surface area contributed by atoms with Crippen molar-refractivity contribution in [3.05, 3.63) is 82.6 Å². The van der Waals surface area contributed by atoms with Gasteiger partial charge in [-0.2, -0.15) is 13.2 Å². The minimum Gasteiger partial charge on any atom is -0.459 e. The van der Waals surface area contributed by atoms with Gasteiger partial charge in [0.15, 0.2) is 5.76 Å². The van der Waals surface area contributed by atoms with Crippen LogP contribution < -0.4 is 0 Å². The first-order valence-electron chi connectivity index (χ1n) is 12.5. The Morgan fingerprint density at radius 2 is 1.56 bits per heavy atom. The van der Waals surface area contributed by atoms with E-state index in [0.29, 0.717) is 25.1 Å². The summed E-state index contributed by atoms with van der Waals surface area (Å²) < 4.78 is 51.2. The Morgan fingerprint density at radius 1 is 0.944 bits per heavy atom. The number of aliphatic hydroxyl groups excluding tert-OH is 1. The maximum absolute atomic E-state index is 13.4. The molecule has 2 aromatic carbocycles. The number of carbonyl (C=O) groups is 1. The molecule has 1 saturated heterocycles. The summed E-state index contributed by atoms with van der Waals surface area (Å²) >= 11 is 0. The highest BCUT2D eigenvalue weighted by Gasteiger charge is 2.33. The first-order chi connectivity index (χ1) is 17.3. The van der Waals surface area contributed by atoms with Crippen LogP contribution in [0.5, 0.6) is 0 Å². The summed E-state index contributed by atoms with van der Waals surface area (Å²) in [5.74, 6) is -0.335. The lowest BCUT2D eigenvalue weighted by Gasteiger charge is -2.32. The fourth-order valence-corrected chi connectivity index (χ4v) is 4.60. The van der Waals surface area contributed by atoms with Crippen molar-refractivity contribution in [1.29, 1.82) is 0 Å². The van der Waals surface area contributed by atoms with Crippen molar-refractivity contribution >= 4 is 5.91 Å². The van der Waals surface area contributed by atoms with E-state index >= 15 is 0 Å². The van der Waals surface area contributed by atoms with E-state index in [1.54, 1.807) is 6.08 Å². The molecule has 1 amide bonds. The Morgan fingerprint density at radius 3 is 2.17 bits per heavy atom.